The highest BCUT2D eigenvalue weighted by molar-refractivity contribution is 9.10. The highest BCUT2D eigenvalue weighted by Gasteiger charge is 2.30. The van der Waals surface area contributed by atoms with Gasteiger partial charge in [0.1, 0.15) is 0 Å². The molecule has 0 saturated carbocycles. The van der Waals surface area contributed by atoms with Crippen molar-refractivity contribution in [3.05, 3.63) is 52.1 Å². The zero-order chi connectivity index (χ0) is 15.0. The first kappa shape index (κ1) is 14.2. The van der Waals surface area contributed by atoms with Gasteiger partial charge in [0.15, 0.2) is 0 Å². The van der Waals surface area contributed by atoms with Crippen molar-refractivity contribution >= 4 is 21.8 Å². The molecular weight excluding hydrogens is 332 g/mol. The molecule has 2 heterocycles. The summed E-state index contributed by atoms with van der Waals surface area (Å²) in [6.45, 7) is 2.66. The first-order valence-electron chi connectivity index (χ1n) is 6.75. The van der Waals surface area contributed by atoms with Crippen molar-refractivity contribution in [2.24, 2.45) is 0 Å². The minimum atomic E-state index is -0.386. The molecule has 1 saturated heterocycles. The maximum atomic E-state index is 12.3. The summed E-state index contributed by atoms with van der Waals surface area (Å²) in [4.78, 5) is 18.4. The number of pyridine rings is 1. The topological polar surface area (TPSA) is 53.4 Å². The number of amides is 1. The van der Waals surface area contributed by atoms with E-state index in [1.54, 1.807) is 4.90 Å². The zero-order valence-electron chi connectivity index (χ0n) is 11.6. The van der Waals surface area contributed by atoms with Crippen molar-refractivity contribution < 1.29 is 9.90 Å². The van der Waals surface area contributed by atoms with Crippen molar-refractivity contribution in [3.63, 3.8) is 0 Å². The second kappa shape index (κ2) is 5.58. The van der Waals surface area contributed by atoms with Crippen LogP contribution in [0.5, 0.6) is 0 Å². The number of carbonyl (C=O) groups excluding carboxylic acids is 1. The fourth-order valence-electron chi connectivity index (χ4n) is 2.39. The third-order valence-corrected chi connectivity index (χ3v) is 4.08. The van der Waals surface area contributed by atoms with Crippen LogP contribution in [0.2, 0.25) is 0 Å². The number of aromatic nitrogens is 1. The van der Waals surface area contributed by atoms with E-state index in [9.17, 15) is 9.90 Å². The number of hydrogen-bond acceptors (Lipinski definition) is 3. The Labute approximate surface area is 131 Å². The van der Waals surface area contributed by atoms with E-state index in [-0.39, 0.29) is 12.0 Å². The lowest BCUT2D eigenvalue weighted by Gasteiger charge is -2.36. The molecule has 1 aliphatic heterocycles. The van der Waals surface area contributed by atoms with E-state index in [2.05, 4.69) is 20.9 Å². The van der Waals surface area contributed by atoms with E-state index in [1.165, 1.54) is 0 Å². The minimum absolute atomic E-state index is 0.0638. The molecule has 0 radical (unpaired) electrons. The third kappa shape index (κ3) is 2.84. The van der Waals surface area contributed by atoms with Gasteiger partial charge in [-0.25, -0.2) is 0 Å². The molecule has 21 heavy (non-hydrogen) atoms. The largest absolute Gasteiger partial charge is 0.389 e. The SMILES string of the molecule is Cc1nc(-c2cccc(Br)c2)ccc1C(=O)N1CC(O)C1. The second-order valence-corrected chi connectivity index (χ2v) is 6.12. The van der Waals surface area contributed by atoms with Crippen LogP contribution in [0.3, 0.4) is 0 Å². The third-order valence-electron chi connectivity index (χ3n) is 3.59. The molecule has 1 fully saturated rings. The van der Waals surface area contributed by atoms with Crippen LogP contribution in [0, 0.1) is 6.92 Å². The van der Waals surface area contributed by atoms with Crippen LogP contribution >= 0.6 is 15.9 Å². The number of hydrogen-bond donors (Lipinski definition) is 1. The summed E-state index contributed by atoms with van der Waals surface area (Å²) < 4.78 is 0.995. The number of aliphatic hydroxyl groups is 1. The lowest BCUT2D eigenvalue weighted by atomic mass is 10.1. The first-order chi connectivity index (χ1) is 10.0. The summed E-state index contributed by atoms with van der Waals surface area (Å²) in [6.07, 6.45) is -0.386. The molecule has 5 heteroatoms. The maximum absolute atomic E-state index is 12.3. The van der Waals surface area contributed by atoms with E-state index in [1.807, 2.05) is 43.3 Å². The van der Waals surface area contributed by atoms with Crippen molar-refractivity contribution in [1.29, 1.82) is 0 Å². The fourth-order valence-corrected chi connectivity index (χ4v) is 2.79. The number of halogens is 1. The van der Waals surface area contributed by atoms with Crippen LogP contribution in [0.1, 0.15) is 16.1 Å². The van der Waals surface area contributed by atoms with Gasteiger partial charge >= 0.3 is 0 Å². The van der Waals surface area contributed by atoms with Crippen molar-refractivity contribution in [1.82, 2.24) is 9.88 Å². The van der Waals surface area contributed by atoms with Crippen molar-refractivity contribution in [3.8, 4) is 11.3 Å². The molecule has 1 aromatic carbocycles. The lowest BCUT2D eigenvalue weighted by Crippen LogP contribution is -2.53. The highest BCUT2D eigenvalue weighted by atomic mass is 79.9. The van der Waals surface area contributed by atoms with Crippen LogP contribution in [-0.2, 0) is 0 Å². The molecule has 1 aliphatic rings. The van der Waals surface area contributed by atoms with Crippen LogP contribution in [0.4, 0.5) is 0 Å². The normalized spacial score (nSPS) is 14.9. The molecular formula is C16H15BrN2O2. The lowest BCUT2D eigenvalue weighted by molar-refractivity contribution is 0.00581. The number of likely N-dealkylation sites (tertiary alicyclic amines) is 1. The van der Waals surface area contributed by atoms with Crippen LogP contribution < -0.4 is 0 Å². The quantitative estimate of drug-likeness (QED) is 0.909. The second-order valence-electron chi connectivity index (χ2n) is 5.20. The molecule has 0 bridgehead atoms. The van der Waals surface area contributed by atoms with E-state index in [0.29, 0.717) is 24.3 Å². The molecule has 0 atom stereocenters. The van der Waals surface area contributed by atoms with E-state index < -0.39 is 0 Å². The van der Waals surface area contributed by atoms with Gasteiger partial charge in [0.2, 0.25) is 0 Å². The summed E-state index contributed by atoms with van der Waals surface area (Å²) in [7, 11) is 0. The van der Waals surface area contributed by atoms with Gasteiger partial charge in [-0.15, -0.1) is 0 Å². The number of β-amino-alcohol motifs (C(OH)–C–C–N with tert-alkyl or cyclic N) is 1. The van der Waals surface area contributed by atoms with Gasteiger partial charge in [0, 0.05) is 23.1 Å². The molecule has 0 unspecified atom stereocenters. The molecule has 0 spiro atoms. The van der Waals surface area contributed by atoms with E-state index >= 15 is 0 Å². The van der Waals surface area contributed by atoms with Gasteiger partial charge < -0.3 is 10.0 Å². The summed E-state index contributed by atoms with van der Waals surface area (Å²) in [5, 5.41) is 9.29. The molecule has 1 aromatic heterocycles. The van der Waals surface area contributed by atoms with Crippen molar-refractivity contribution in [2.75, 3.05) is 13.1 Å². The van der Waals surface area contributed by atoms with Crippen LogP contribution in [0.15, 0.2) is 40.9 Å². The molecule has 108 valence electrons. The average molecular weight is 347 g/mol. The average Bonchev–Trinajstić information content (AvgIpc) is 2.43. The van der Waals surface area contributed by atoms with Gasteiger partial charge in [0.25, 0.3) is 5.91 Å². The summed E-state index contributed by atoms with van der Waals surface area (Å²) >= 11 is 3.45. The first-order valence-corrected chi connectivity index (χ1v) is 7.55. The number of carbonyl (C=O) groups is 1. The maximum Gasteiger partial charge on any atom is 0.255 e. The molecule has 2 aromatic rings. The predicted octanol–water partition coefficient (Wildman–Crippen LogP) is 2.64. The Balaban J connectivity index is 1.88. The molecule has 0 aliphatic carbocycles. The Kier molecular flexibility index (Phi) is 3.78. The minimum Gasteiger partial charge on any atom is -0.389 e. The smallest absolute Gasteiger partial charge is 0.255 e. The number of aryl methyl sites for hydroxylation is 1. The molecule has 1 N–H and O–H groups in total. The molecule has 4 nitrogen and oxygen atoms in total. The Bertz CT molecular complexity index is 696. The predicted molar refractivity (Wildman–Crippen MR) is 84.0 cm³/mol. The fraction of sp³-hybridized carbons (Fsp3) is 0.250. The number of aliphatic hydroxyl groups excluding tert-OH is 1. The summed E-state index contributed by atoms with van der Waals surface area (Å²) in [5.41, 5.74) is 3.15. The zero-order valence-corrected chi connectivity index (χ0v) is 13.2. The van der Waals surface area contributed by atoms with Gasteiger partial charge in [-0.3, -0.25) is 9.78 Å². The highest BCUT2D eigenvalue weighted by Crippen LogP contribution is 2.23. The van der Waals surface area contributed by atoms with Crippen LogP contribution in [-0.4, -0.2) is 40.1 Å². The van der Waals surface area contributed by atoms with Gasteiger partial charge in [-0.1, -0.05) is 28.1 Å². The molecule has 3 rings (SSSR count). The van der Waals surface area contributed by atoms with Gasteiger partial charge in [-0.2, -0.15) is 0 Å². The monoisotopic (exact) mass is 346 g/mol. The standard InChI is InChI=1S/C16H15BrN2O2/c1-10-14(16(21)19-8-13(20)9-19)5-6-15(18-10)11-3-2-4-12(17)7-11/h2-7,13,20H,8-9H2,1H3. The number of rotatable bonds is 2. The Morgan fingerprint density at radius 1 is 1.33 bits per heavy atom. The van der Waals surface area contributed by atoms with Crippen molar-refractivity contribution in [2.45, 2.75) is 13.0 Å². The van der Waals surface area contributed by atoms with E-state index in [0.717, 1.165) is 15.7 Å². The molecule has 1 amide bonds. The number of nitrogens with zero attached hydrogens (tertiary/aromatic N) is 2. The van der Waals surface area contributed by atoms with Gasteiger partial charge in [-0.05, 0) is 31.2 Å². The Hall–Kier alpha value is -1.72. The Morgan fingerprint density at radius 3 is 2.71 bits per heavy atom. The summed E-state index contributed by atoms with van der Waals surface area (Å²) in [5.74, 6) is -0.0638. The van der Waals surface area contributed by atoms with Gasteiger partial charge in [0.05, 0.1) is 23.1 Å². The van der Waals surface area contributed by atoms with E-state index in [4.69, 9.17) is 0 Å². The number of benzene rings is 1. The summed E-state index contributed by atoms with van der Waals surface area (Å²) in [6, 6.07) is 11.6. The van der Waals surface area contributed by atoms with Crippen LogP contribution in [0.25, 0.3) is 11.3 Å². The Morgan fingerprint density at radius 2 is 2.10 bits per heavy atom.